The molecule has 24 heavy (non-hydrogen) atoms. The van der Waals surface area contributed by atoms with Gasteiger partial charge in [-0.15, -0.1) is 0 Å². The summed E-state index contributed by atoms with van der Waals surface area (Å²) < 4.78 is 43.2. The molecule has 3 aromatic rings. The fourth-order valence-corrected chi connectivity index (χ4v) is 2.67. The Bertz CT molecular complexity index is 891. The van der Waals surface area contributed by atoms with E-state index in [0.29, 0.717) is 17.5 Å². The first-order chi connectivity index (χ1) is 11.4. The molecule has 0 saturated heterocycles. The van der Waals surface area contributed by atoms with Crippen molar-refractivity contribution >= 4 is 11.8 Å². The summed E-state index contributed by atoms with van der Waals surface area (Å²) in [6.45, 7) is 0. The minimum absolute atomic E-state index is 0.126. The monoisotopic (exact) mass is 353 g/mol. The SMILES string of the molecule is O=c1cc(C(F)(F)F)nc(SCc2cc(-c3ccccc3)on2)[nH]1. The molecule has 0 spiro atoms. The highest BCUT2D eigenvalue weighted by molar-refractivity contribution is 7.98. The Balaban J connectivity index is 1.74. The number of aromatic nitrogens is 3. The molecule has 0 atom stereocenters. The molecule has 2 heterocycles. The maximum atomic E-state index is 12.7. The van der Waals surface area contributed by atoms with Gasteiger partial charge in [-0.25, -0.2) is 4.98 Å². The molecular weight excluding hydrogens is 343 g/mol. The lowest BCUT2D eigenvalue weighted by atomic mass is 10.2. The Hall–Kier alpha value is -2.55. The predicted octanol–water partition coefficient (Wildman–Crippen LogP) is 3.74. The Kier molecular flexibility index (Phi) is 4.43. The van der Waals surface area contributed by atoms with Gasteiger partial charge in [0.25, 0.3) is 5.56 Å². The molecule has 0 aliphatic carbocycles. The van der Waals surface area contributed by atoms with Crippen molar-refractivity contribution in [2.24, 2.45) is 0 Å². The zero-order valence-electron chi connectivity index (χ0n) is 12.0. The normalized spacial score (nSPS) is 11.6. The Morgan fingerprint density at radius 2 is 1.92 bits per heavy atom. The van der Waals surface area contributed by atoms with E-state index in [1.165, 1.54) is 0 Å². The zero-order valence-corrected chi connectivity index (χ0v) is 12.8. The van der Waals surface area contributed by atoms with Crippen LogP contribution in [0.5, 0.6) is 0 Å². The van der Waals surface area contributed by atoms with Gasteiger partial charge in [-0.1, -0.05) is 47.3 Å². The van der Waals surface area contributed by atoms with Crippen LogP contribution in [0.3, 0.4) is 0 Å². The zero-order chi connectivity index (χ0) is 17.2. The van der Waals surface area contributed by atoms with Crippen molar-refractivity contribution < 1.29 is 17.7 Å². The summed E-state index contributed by atoms with van der Waals surface area (Å²) in [6, 6.07) is 11.4. The summed E-state index contributed by atoms with van der Waals surface area (Å²) in [5.74, 6) is 0.761. The van der Waals surface area contributed by atoms with E-state index in [1.54, 1.807) is 6.07 Å². The van der Waals surface area contributed by atoms with Crippen LogP contribution in [0.15, 0.2) is 56.9 Å². The molecular formula is C15H10F3N3O2S. The first kappa shape index (κ1) is 16.3. The van der Waals surface area contributed by atoms with E-state index in [2.05, 4.69) is 15.1 Å². The first-order valence-electron chi connectivity index (χ1n) is 6.74. The molecule has 0 aliphatic heterocycles. The largest absolute Gasteiger partial charge is 0.433 e. The summed E-state index contributed by atoms with van der Waals surface area (Å²) in [4.78, 5) is 17.0. The van der Waals surface area contributed by atoms with Crippen LogP contribution in [0.2, 0.25) is 0 Å². The number of nitrogens with one attached hydrogen (secondary N) is 1. The van der Waals surface area contributed by atoms with Crippen LogP contribution >= 0.6 is 11.8 Å². The number of aromatic amines is 1. The van der Waals surface area contributed by atoms with Gasteiger partial charge in [-0.2, -0.15) is 13.2 Å². The Morgan fingerprint density at radius 1 is 1.17 bits per heavy atom. The topological polar surface area (TPSA) is 71.8 Å². The van der Waals surface area contributed by atoms with Crippen LogP contribution < -0.4 is 5.56 Å². The minimum atomic E-state index is -4.67. The quantitative estimate of drug-likeness (QED) is 0.571. The van der Waals surface area contributed by atoms with Gasteiger partial charge in [0, 0.05) is 23.4 Å². The molecule has 124 valence electrons. The predicted molar refractivity (Wildman–Crippen MR) is 81.4 cm³/mol. The standard InChI is InChI=1S/C15H10F3N3O2S/c16-15(17,18)12-7-13(22)20-14(19-12)24-8-10-6-11(23-21-10)9-4-2-1-3-5-9/h1-7H,8H2,(H,19,20,22). The fraction of sp³-hybridized carbons (Fsp3) is 0.133. The number of halogens is 3. The van der Waals surface area contributed by atoms with E-state index < -0.39 is 17.4 Å². The van der Waals surface area contributed by atoms with Crippen LogP contribution in [-0.4, -0.2) is 15.1 Å². The molecule has 0 bridgehead atoms. The molecule has 0 radical (unpaired) electrons. The molecule has 0 saturated carbocycles. The van der Waals surface area contributed by atoms with Crippen molar-refractivity contribution in [1.29, 1.82) is 0 Å². The molecule has 0 aliphatic rings. The summed E-state index contributed by atoms with van der Waals surface area (Å²) in [7, 11) is 0. The van der Waals surface area contributed by atoms with Gasteiger partial charge >= 0.3 is 6.18 Å². The van der Waals surface area contributed by atoms with Gasteiger partial charge in [-0.05, 0) is 0 Å². The number of alkyl halides is 3. The van der Waals surface area contributed by atoms with Gasteiger partial charge in [0.1, 0.15) is 0 Å². The number of rotatable bonds is 4. The number of thioether (sulfide) groups is 1. The number of benzene rings is 1. The lowest BCUT2D eigenvalue weighted by Gasteiger charge is -2.06. The first-order valence-corrected chi connectivity index (χ1v) is 7.73. The van der Waals surface area contributed by atoms with Crippen molar-refractivity contribution in [2.45, 2.75) is 17.1 Å². The molecule has 3 rings (SSSR count). The van der Waals surface area contributed by atoms with Crippen molar-refractivity contribution in [3.63, 3.8) is 0 Å². The average molecular weight is 353 g/mol. The van der Waals surface area contributed by atoms with Gasteiger partial charge in [-0.3, -0.25) is 4.79 Å². The third-order valence-electron chi connectivity index (χ3n) is 2.98. The Labute approximate surface area is 137 Å². The third kappa shape index (κ3) is 3.85. The van der Waals surface area contributed by atoms with Crippen LogP contribution in [0.4, 0.5) is 13.2 Å². The van der Waals surface area contributed by atoms with E-state index >= 15 is 0 Å². The number of H-pyrrole nitrogens is 1. The highest BCUT2D eigenvalue weighted by atomic mass is 32.2. The van der Waals surface area contributed by atoms with E-state index in [1.807, 2.05) is 30.3 Å². The van der Waals surface area contributed by atoms with Gasteiger partial charge in [0.15, 0.2) is 16.6 Å². The second kappa shape index (κ2) is 6.52. The summed E-state index contributed by atoms with van der Waals surface area (Å²) in [5.41, 5.74) is -0.713. The molecule has 5 nitrogen and oxygen atoms in total. The Morgan fingerprint density at radius 3 is 2.62 bits per heavy atom. The van der Waals surface area contributed by atoms with E-state index in [-0.39, 0.29) is 10.9 Å². The van der Waals surface area contributed by atoms with E-state index in [0.717, 1.165) is 17.3 Å². The number of hydrogen-bond acceptors (Lipinski definition) is 5. The lowest BCUT2D eigenvalue weighted by Crippen LogP contribution is -2.16. The molecule has 0 amide bonds. The maximum Gasteiger partial charge on any atom is 0.433 e. The third-order valence-corrected chi connectivity index (χ3v) is 3.89. The van der Waals surface area contributed by atoms with Gasteiger partial charge < -0.3 is 9.51 Å². The summed E-state index contributed by atoms with van der Waals surface area (Å²) >= 11 is 0.937. The number of nitrogens with zero attached hydrogens (tertiary/aromatic N) is 2. The summed E-state index contributed by atoms with van der Waals surface area (Å²) in [5, 5.41) is 3.74. The van der Waals surface area contributed by atoms with Gasteiger partial charge in [0.2, 0.25) is 0 Å². The molecule has 0 fully saturated rings. The minimum Gasteiger partial charge on any atom is -0.356 e. The highest BCUT2D eigenvalue weighted by Gasteiger charge is 2.33. The molecule has 9 heteroatoms. The van der Waals surface area contributed by atoms with Crippen molar-refractivity contribution in [3.8, 4) is 11.3 Å². The maximum absolute atomic E-state index is 12.7. The van der Waals surface area contributed by atoms with E-state index in [4.69, 9.17) is 4.52 Å². The number of hydrogen-bond donors (Lipinski definition) is 1. The van der Waals surface area contributed by atoms with Crippen LogP contribution in [0.25, 0.3) is 11.3 Å². The van der Waals surface area contributed by atoms with Crippen LogP contribution in [-0.2, 0) is 11.9 Å². The highest BCUT2D eigenvalue weighted by Crippen LogP contribution is 2.28. The molecule has 0 unspecified atom stereocenters. The fourth-order valence-electron chi connectivity index (χ4n) is 1.91. The molecule has 1 aromatic carbocycles. The van der Waals surface area contributed by atoms with Gasteiger partial charge in [0.05, 0.1) is 5.69 Å². The molecule has 2 aromatic heterocycles. The van der Waals surface area contributed by atoms with Crippen molar-refractivity contribution in [3.05, 3.63) is 64.2 Å². The lowest BCUT2D eigenvalue weighted by molar-refractivity contribution is -0.141. The smallest absolute Gasteiger partial charge is 0.356 e. The summed E-state index contributed by atoms with van der Waals surface area (Å²) in [6.07, 6.45) is -4.67. The van der Waals surface area contributed by atoms with Crippen LogP contribution in [0, 0.1) is 0 Å². The van der Waals surface area contributed by atoms with E-state index in [9.17, 15) is 18.0 Å². The van der Waals surface area contributed by atoms with Crippen LogP contribution in [0.1, 0.15) is 11.4 Å². The second-order valence-corrected chi connectivity index (χ2v) is 5.73. The van der Waals surface area contributed by atoms with Crippen molar-refractivity contribution in [1.82, 2.24) is 15.1 Å². The average Bonchev–Trinajstić information content (AvgIpc) is 3.01. The van der Waals surface area contributed by atoms with Crippen molar-refractivity contribution in [2.75, 3.05) is 0 Å². The second-order valence-electron chi connectivity index (χ2n) is 4.77. The molecule has 1 N–H and O–H groups in total.